The first-order valence-electron chi connectivity index (χ1n) is 7.95. The molecule has 0 heterocycles. The van der Waals surface area contributed by atoms with Crippen LogP contribution in [0.2, 0.25) is 0 Å². The summed E-state index contributed by atoms with van der Waals surface area (Å²) in [6.07, 6.45) is 9.59. The highest BCUT2D eigenvalue weighted by Crippen LogP contribution is 2.29. The second kappa shape index (κ2) is 5.92. The number of carbonyl (C=O) groups is 1. The number of rotatable bonds is 2. The zero-order valence-corrected chi connectivity index (χ0v) is 13.4. The topological polar surface area (TPSA) is 17.1 Å². The predicted octanol–water partition coefficient (Wildman–Crippen LogP) is 3.45. The Kier molecular flexibility index (Phi) is 3.98. The summed E-state index contributed by atoms with van der Waals surface area (Å²) < 4.78 is 0. The Bertz CT molecular complexity index is 818. The minimum absolute atomic E-state index is 0.154. The van der Waals surface area contributed by atoms with Crippen LogP contribution in [0.4, 0.5) is 0 Å². The van der Waals surface area contributed by atoms with Crippen LogP contribution in [-0.2, 0) is 4.79 Å². The molecule has 1 atom stereocenters. The minimum Gasteiger partial charge on any atom is -0.289 e. The highest BCUT2D eigenvalue weighted by atomic mass is 16.1. The van der Waals surface area contributed by atoms with Crippen LogP contribution in [0.1, 0.15) is 33.1 Å². The van der Waals surface area contributed by atoms with Crippen LogP contribution in [0, 0.1) is 5.92 Å². The van der Waals surface area contributed by atoms with Gasteiger partial charge < -0.3 is 0 Å². The first-order chi connectivity index (χ1) is 10.6. The average molecular weight is 290 g/mol. The molecule has 1 aromatic rings. The summed E-state index contributed by atoms with van der Waals surface area (Å²) in [5.74, 6) is 0.754. The van der Waals surface area contributed by atoms with Crippen LogP contribution >= 0.6 is 0 Å². The monoisotopic (exact) mass is 290 g/mol. The molecule has 0 saturated carbocycles. The molecule has 0 saturated heterocycles. The molecule has 3 rings (SSSR count). The number of benzene rings is 1. The van der Waals surface area contributed by atoms with Crippen LogP contribution in [-0.4, -0.2) is 5.78 Å². The molecule has 0 N–H and O–H groups in total. The Morgan fingerprint density at radius 2 is 2.09 bits per heavy atom. The van der Waals surface area contributed by atoms with Gasteiger partial charge >= 0.3 is 0 Å². The Morgan fingerprint density at radius 3 is 2.77 bits per heavy atom. The first kappa shape index (κ1) is 14.8. The number of allylic oxidation sites excluding steroid dienone is 5. The molecule has 1 nitrogen and oxygen atoms in total. The van der Waals surface area contributed by atoms with Crippen LogP contribution in [0.3, 0.4) is 0 Å². The SMILES string of the molecule is C=C(C)[C@H]1CC=C(/C=C2/C=c3ccccc3=C(C)C2=O)CC1. The van der Waals surface area contributed by atoms with E-state index in [1.54, 1.807) is 0 Å². The molecule has 0 radical (unpaired) electrons. The largest absolute Gasteiger partial charge is 0.289 e. The van der Waals surface area contributed by atoms with Gasteiger partial charge in [-0.25, -0.2) is 0 Å². The molecule has 2 aliphatic carbocycles. The highest BCUT2D eigenvalue weighted by Gasteiger charge is 2.18. The van der Waals surface area contributed by atoms with Crippen molar-refractivity contribution in [1.82, 2.24) is 0 Å². The molecule has 2 aliphatic rings. The fourth-order valence-electron chi connectivity index (χ4n) is 3.28. The summed E-state index contributed by atoms with van der Waals surface area (Å²) in [5.41, 5.74) is 4.21. The molecule has 22 heavy (non-hydrogen) atoms. The van der Waals surface area contributed by atoms with Gasteiger partial charge in [-0.15, -0.1) is 0 Å². The van der Waals surface area contributed by atoms with E-state index in [0.717, 1.165) is 40.8 Å². The van der Waals surface area contributed by atoms with Gasteiger partial charge in [-0.3, -0.25) is 4.79 Å². The fraction of sp³-hybridized carbons (Fsp3) is 0.286. The third-order valence-corrected chi connectivity index (χ3v) is 4.76. The lowest BCUT2D eigenvalue weighted by Gasteiger charge is -2.21. The van der Waals surface area contributed by atoms with Crippen LogP contribution in [0.25, 0.3) is 11.6 Å². The van der Waals surface area contributed by atoms with Crippen LogP contribution in [0.5, 0.6) is 0 Å². The molecular formula is C21H22O. The second-order valence-electron chi connectivity index (χ2n) is 6.38. The lowest BCUT2D eigenvalue weighted by Crippen LogP contribution is -2.32. The van der Waals surface area contributed by atoms with Crippen molar-refractivity contribution in [1.29, 1.82) is 0 Å². The highest BCUT2D eigenvalue weighted by molar-refractivity contribution is 6.28. The van der Waals surface area contributed by atoms with Crippen molar-refractivity contribution >= 4 is 17.4 Å². The van der Waals surface area contributed by atoms with Crippen molar-refractivity contribution in [2.45, 2.75) is 33.1 Å². The summed E-state index contributed by atoms with van der Waals surface area (Å²) in [5, 5.41) is 2.20. The van der Waals surface area contributed by atoms with Gasteiger partial charge in [0.05, 0.1) is 0 Å². The van der Waals surface area contributed by atoms with E-state index in [2.05, 4.69) is 31.7 Å². The fourth-order valence-corrected chi connectivity index (χ4v) is 3.28. The van der Waals surface area contributed by atoms with E-state index >= 15 is 0 Å². The van der Waals surface area contributed by atoms with E-state index in [0.29, 0.717) is 5.92 Å². The first-order valence-corrected chi connectivity index (χ1v) is 7.95. The molecule has 1 heteroatoms. The lowest BCUT2D eigenvalue weighted by atomic mass is 9.84. The maximum atomic E-state index is 12.6. The van der Waals surface area contributed by atoms with Crippen molar-refractivity contribution in [3.05, 3.63) is 70.2 Å². The summed E-state index contributed by atoms with van der Waals surface area (Å²) in [7, 11) is 0. The third kappa shape index (κ3) is 2.76. The third-order valence-electron chi connectivity index (χ3n) is 4.76. The number of carbonyl (C=O) groups excluding carboxylic acids is 1. The maximum absolute atomic E-state index is 12.6. The zero-order valence-electron chi connectivity index (χ0n) is 13.4. The number of hydrogen-bond donors (Lipinski definition) is 0. The van der Waals surface area contributed by atoms with Crippen molar-refractivity contribution < 1.29 is 4.79 Å². The van der Waals surface area contributed by atoms with Crippen molar-refractivity contribution in [3.63, 3.8) is 0 Å². The Morgan fingerprint density at radius 1 is 1.32 bits per heavy atom. The van der Waals surface area contributed by atoms with Gasteiger partial charge in [0.15, 0.2) is 5.78 Å². The zero-order chi connectivity index (χ0) is 15.7. The van der Waals surface area contributed by atoms with Gasteiger partial charge in [0, 0.05) is 11.1 Å². The molecule has 0 unspecified atom stereocenters. The Hall–Kier alpha value is -2.15. The van der Waals surface area contributed by atoms with Gasteiger partial charge in [-0.1, -0.05) is 48.1 Å². The Balaban J connectivity index is 1.96. The average Bonchev–Trinajstić information content (AvgIpc) is 2.53. The van der Waals surface area contributed by atoms with Gasteiger partial charge in [-0.05, 0) is 61.6 Å². The molecule has 0 fully saturated rings. The number of Topliss-reactive ketones (excluding diaryl/α,β-unsaturated/α-hetero) is 1. The molecule has 0 aliphatic heterocycles. The number of hydrogen-bond acceptors (Lipinski definition) is 1. The van der Waals surface area contributed by atoms with Gasteiger partial charge in [0.2, 0.25) is 0 Å². The van der Waals surface area contributed by atoms with E-state index in [1.165, 1.54) is 11.1 Å². The smallest absolute Gasteiger partial charge is 0.189 e. The van der Waals surface area contributed by atoms with E-state index in [1.807, 2.05) is 31.2 Å². The maximum Gasteiger partial charge on any atom is 0.189 e. The summed E-state index contributed by atoms with van der Waals surface area (Å²) in [4.78, 5) is 12.6. The van der Waals surface area contributed by atoms with Gasteiger partial charge in [0.25, 0.3) is 0 Å². The molecule has 0 amide bonds. The van der Waals surface area contributed by atoms with E-state index in [9.17, 15) is 4.79 Å². The summed E-state index contributed by atoms with van der Waals surface area (Å²) in [6, 6.07) is 8.10. The van der Waals surface area contributed by atoms with E-state index in [-0.39, 0.29) is 5.78 Å². The number of ketones is 1. The number of fused-ring (bicyclic) bond motifs is 1. The van der Waals surface area contributed by atoms with E-state index < -0.39 is 0 Å². The predicted molar refractivity (Wildman–Crippen MR) is 92.6 cm³/mol. The van der Waals surface area contributed by atoms with Crippen LogP contribution in [0.15, 0.2) is 59.7 Å². The van der Waals surface area contributed by atoms with E-state index in [4.69, 9.17) is 0 Å². The van der Waals surface area contributed by atoms with Gasteiger partial charge in [-0.2, -0.15) is 0 Å². The molecule has 1 aromatic carbocycles. The minimum atomic E-state index is 0.154. The molecule has 0 aromatic heterocycles. The quantitative estimate of drug-likeness (QED) is 0.602. The molecule has 112 valence electrons. The summed E-state index contributed by atoms with van der Waals surface area (Å²) in [6.45, 7) is 8.09. The molecule has 0 bridgehead atoms. The standard InChI is InChI=1S/C21H22O/c1-14(2)17-10-8-16(9-11-17)12-19-13-18-6-4-5-7-20(18)15(3)21(19)22/h4-8,12-13,17H,1,9-11H2,2-3H3/b19-12-/t17-/m0/s1. The Labute approximate surface area is 132 Å². The second-order valence-corrected chi connectivity index (χ2v) is 6.38. The summed E-state index contributed by atoms with van der Waals surface area (Å²) >= 11 is 0. The van der Waals surface area contributed by atoms with Crippen molar-refractivity contribution in [2.24, 2.45) is 5.92 Å². The molecule has 0 spiro atoms. The lowest BCUT2D eigenvalue weighted by molar-refractivity contribution is -0.110. The molecular weight excluding hydrogens is 268 g/mol. The van der Waals surface area contributed by atoms with Gasteiger partial charge in [0.1, 0.15) is 0 Å². The van der Waals surface area contributed by atoms with Crippen molar-refractivity contribution in [2.75, 3.05) is 0 Å². The van der Waals surface area contributed by atoms with Crippen LogP contribution < -0.4 is 10.4 Å². The van der Waals surface area contributed by atoms with Crippen molar-refractivity contribution in [3.8, 4) is 0 Å². The normalized spacial score (nSPS) is 22.9.